The zero-order valence-electron chi connectivity index (χ0n) is 15.1. The minimum atomic E-state index is -3.70. The summed E-state index contributed by atoms with van der Waals surface area (Å²) < 4.78 is 27.7. The van der Waals surface area contributed by atoms with E-state index in [2.05, 4.69) is 19.2 Å². The van der Waals surface area contributed by atoms with Crippen molar-refractivity contribution in [3.8, 4) is 0 Å². The van der Waals surface area contributed by atoms with E-state index in [-0.39, 0.29) is 15.7 Å². The van der Waals surface area contributed by atoms with Gasteiger partial charge in [0.2, 0.25) is 10.0 Å². The molecule has 0 unspecified atom stereocenters. The number of rotatable bonds is 6. The van der Waals surface area contributed by atoms with Crippen molar-refractivity contribution in [3.05, 3.63) is 51.7 Å². The summed E-state index contributed by atoms with van der Waals surface area (Å²) in [6.45, 7) is 5.50. The molecule has 1 aliphatic rings. The number of thiophene rings is 1. The summed E-state index contributed by atoms with van der Waals surface area (Å²) in [5.41, 5.74) is 2.22. The molecule has 0 aliphatic carbocycles. The Morgan fingerprint density at radius 1 is 1.23 bits per heavy atom. The molecule has 0 fully saturated rings. The van der Waals surface area contributed by atoms with Gasteiger partial charge in [-0.25, -0.2) is 8.42 Å². The minimum Gasteiger partial charge on any atom is -0.351 e. The summed E-state index contributed by atoms with van der Waals surface area (Å²) in [6.07, 6.45) is 1.55. The maximum absolute atomic E-state index is 13.1. The number of amides is 1. The van der Waals surface area contributed by atoms with Gasteiger partial charge in [-0.1, -0.05) is 38.1 Å². The van der Waals surface area contributed by atoms with Crippen LogP contribution in [0.3, 0.4) is 0 Å². The molecule has 3 rings (SSSR count). The number of benzene rings is 1. The van der Waals surface area contributed by atoms with Gasteiger partial charge in [0.1, 0.15) is 9.77 Å². The van der Waals surface area contributed by atoms with Gasteiger partial charge in [-0.05, 0) is 41.3 Å². The topological polar surface area (TPSA) is 66.5 Å². The van der Waals surface area contributed by atoms with Gasteiger partial charge in [0, 0.05) is 19.6 Å². The lowest BCUT2D eigenvalue weighted by atomic mass is 10.0. The first-order valence-corrected chi connectivity index (χ1v) is 11.1. The van der Waals surface area contributed by atoms with Crippen LogP contribution in [0.5, 0.6) is 0 Å². The summed E-state index contributed by atoms with van der Waals surface area (Å²) in [6, 6.07) is 9.44. The fourth-order valence-electron chi connectivity index (χ4n) is 3.03. The van der Waals surface area contributed by atoms with Crippen LogP contribution in [0.2, 0.25) is 0 Å². The Hall–Kier alpha value is -1.70. The molecule has 1 aliphatic heterocycles. The molecule has 0 atom stereocenters. The monoisotopic (exact) mass is 392 g/mol. The second kappa shape index (κ2) is 7.90. The third-order valence-corrected chi connectivity index (χ3v) is 7.49. The Balaban J connectivity index is 1.79. The van der Waals surface area contributed by atoms with E-state index in [1.807, 2.05) is 24.3 Å². The summed E-state index contributed by atoms with van der Waals surface area (Å²) in [4.78, 5) is 12.8. The maximum Gasteiger partial charge on any atom is 0.262 e. The molecule has 1 amide bonds. The highest BCUT2D eigenvalue weighted by atomic mass is 32.2. The number of carbonyl (C=O) groups is 1. The lowest BCUT2D eigenvalue weighted by Crippen LogP contribution is -2.37. The third kappa shape index (κ3) is 4.00. The summed E-state index contributed by atoms with van der Waals surface area (Å²) in [5, 5.41) is 4.50. The molecule has 26 heavy (non-hydrogen) atoms. The first-order valence-electron chi connectivity index (χ1n) is 8.82. The Morgan fingerprint density at radius 3 is 2.69 bits per heavy atom. The first-order chi connectivity index (χ1) is 12.4. The van der Waals surface area contributed by atoms with Gasteiger partial charge in [-0.15, -0.1) is 11.3 Å². The van der Waals surface area contributed by atoms with Crippen LogP contribution in [0, 0.1) is 5.92 Å². The van der Waals surface area contributed by atoms with Crippen LogP contribution in [0.1, 0.15) is 41.1 Å². The van der Waals surface area contributed by atoms with Crippen molar-refractivity contribution in [2.24, 2.45) is 5.92 Å². The smallest absolute Gasteiger partial charge is 0.262 e. The summed E-state index contributed by atoms with van der Waals surface area (Å²) in [7, 11) is -3.70. The summed E-state index contributed by atoms with van der Waals surface area (Å²) >= 11 is 1.18. The average molecular weight is 393 g/mol. The van der Waals surface area contributed by atoms with E-state index in [9.17, 15) is 13.2 Å². The SMILES string of the molecule is CC(C)CCNC(=O)c1sccc1S(=O)(=O)N1CCc2ccccc2C1. The van der Waals surface area contributed by atoms with Crippen LogP contribution in [-0.2, 0) is 23.0 Å². The standard InChI is InChI=1S/C19H24N2O3S2/c1-14(2)7-10-20-19(22)18-17(9-12-25-18)26(23,24)21-11-8-15-5-3-4-6-16(15)13-21/h3-6,9,12,14H,7-8,10-11,13H2,1-2H3,(H,20,22). The quantitative estimate of drug-likeness (QED) is 0.820. The lowest BCUT2D eigenvalue weighted by Gasteiger charge is -2.28. The molecule has 2 heterocycles. The second-order valence-corrected chi connectivity index (χ2v) is 9.73. The molecule has 0 radical (unpaired) electrons. The Labute approximate surface area is 159 Å². The van der Waals surface area contributed by atoms with E-state index in [0.29, 0.717) is 32.0 Å². The normalized spacial score (nSPS) is 15.0. The maximum atomic E-state index is 13.1. The Bertz CT molecular complexity index is 888. The highest BCUT2D eigenvalue weighted by Crippen LogP contribution is 2.29. The highest BCUT2D eigenvalue weighted by Gasteiger charge is 2.32. The number of sulfonamides is 1. The third-order valence-electron chi connectivity index (χ3n) is 4.56. The number of nitrogens with one attached hydrogen (secondary N) is 1. The molecule has 7 heteroatoms. The molecular formula is C19H24N2O3S2. The fraction of sp³-hybridized carbons (Fsp3) is 0.421. The predicted molar refractivity (Wildman–Crippen MR) is 104 cm³/mol. The molecular weight excluding hydrogens is 368 g/mol. The largest absolute Gasteiger partial charge is 0.351 e. The summed E-state index contributed by atoms with van der Waals surface area (Å²) in [5.74, 6) is 0.173. The number of hydrogen-bond donors (Lipinski definition) is 1. The van der Waals surface area contributed by atoms with Crippen molar-refractivity contribution in [2.45, 2.75) is 38.1 Å². The number of carbonyl (C=O) groups excluding carboxylic acids is 1. The highest BCUT2D eigenvalue weighted by molar-refractivity contribution is 7.89. The number of fused-ring (bicyclic) bond motifs is 1. The zero-order chi connectivity index (χ0) is 18.7. The number of hydrogen-bond acceptors (Lipinski definition) is 4. The Morgan fingerprint density at radius 2 is 1.96 bits per heavy atom. The molecule has 5 nitrogen and oxygen atoms in total. The van der Waals surface area contributed by atoms with Gasteiger partial charge in [0.05, 0.1) is 0 Å². The van der Waals surface area contributed by atoms with Crippen LogP contribution in [0.15, 0.2) is 40.6 Å². The van der Waals surface area contributed by atoms with Gasteiger partial charge in [-0.2, -0.15) is 4.31 Å². The molecule has 0 bridgehead atoms. The minimum absolute atomic E-state index is 0.115. The van der Waals surface area contributed by atoms with Crippen LogP contribution >= 0.6 is 11.3 Å². The predicted octanol–water partition coefficient (Wildman–Crippen LogP) is 3.27. The van der Waals surface area contributed by atoms with E-state index in [4.69, 9.17) is 0 Å². The van der Waals surface area contributed by atoms with Gasteiger partial charge < -0.3 is 5.32 Å². The van der Waals surface area contributed by atoms with Crippen LogP contribution in [0.4, 0.5) is 0 Å². The van der Waals surface area contributed by atoms with Crippen molar-refractivity contribution < 1.29 is 13.2 Å². The molecule has 2 aromatic rings. The fourth-order valence-corrected chi connectivity index (χ4v) is 5.77. The average Bonchev–Trinajstić information content (AvgIpc) is 3.11. The van der Waals surface area contributed by atoms with Crippen molar-refractivity contribution in [3.63, 3.8) is 0 Å². The lowest BCUT2D eigenvalue weighted by molar-refractivity contribution is 0.0953. The van der Waals surface area contributed by atoms with E-state index < -0.39 is 10.0 Å². The molecule has 1 N–H and O–H groups in total. The van der Waals surface area contributed by atoms with Crippen molar-refractivity contribution in [1.29, 1.82) is 0 Å². The Kier molecular flexibility index (Phi) is 5.79. The van der Waals surface area contributed by atoms with Crippen LogP contribution in [0.25, 0.3) is 0 Å². The van der Waals surface area contributed by atoms with Gasteiger partial charge >= 0.3 is 0 Å². The van der Waals surface area contributed by atoms with Crippen molar-refractivity contribution in [1.82, 2.24) is 9.62 Å². The van der Waals surface area contributed by atoms with Gasteiger partial charge in [0.25, 0.3) is 5.91 Å². The second-order valence-electron chi connectivity index (χ2n) is 6.91. The van der Waals surface area contributed by atoms with Gasteiger partial charge in [-0.3, -0.25) is 4.79 Å². The number of nitrogens with zero attached hydrogens (tertiary/aromatic N) is 1. The van der Waals surface area contributed by atoms with E-state index in [1.54, 1.807) is 5.38 Å². The van der Waals surface area contributed by atoms with Crippen molar-refractivity contribution >= 4 is 27.3 Å². The molecule has 0 saturated heterocycles. The molecule has 0 saturated carbocycles. The van der Waals surface area contributed by atoms with E-state index in [1.165, 1.54) is 27.3 Å². The molecule has 1 aromatic carbocycles. The first kappa shape index (κ1) is 19.1. The zero-order valence-corrected chi connectivity index (χ0v) is 16.7. The molecule has 0 spiro atoms. The van der Waals surface area contributed by atoms with Crippen LogP contribution in [-0.4, -0.2) is 31.7 Å². The molecule has 140 valence electrons. The van der Waals surface area contributed by atoms with Gasteiger partial charge in [0.15, 0.2) is 0 Å². The molecule has 1 aromatic heterocycles. The van der Waals surface area contributed by atoms with E-state index in [0.717, 1.165) is 12.0 Å². The van der Waals surface area contributed by atoms with Crippen molar-refractivity contribution in [2.75, 3.05) is 13.1 Å². The van der Waals surface area contributed by atoms with E-state index >= 15 is 0 Å². The van der Waals surface area contributed by atoms with Crippen LogP contribution < -0.4 is 5.32 Å².